The Morgan fingerprint density at radius 2 is 2.00 bits per heavy atom. The average molecular weight is 269 g/mol. The molecule has 1 aliphatic heterocycles. The van der Waals surface area contributed by atoms with Crippen LogP contribution in [-0.2, 0) is 4.79 Å². The maximum absolute atomic E-state index is 11.8. The zero-order valence-corrected chi connectivity index (χ0v) is 13.0. The number of nitrogens with one attached hydrogen (secondary N) is 2. The minimum absolute atomic E-state index is 0.208. The molecule has 0 spiro atoms. The summed E-state index contributed by atoms with van der Waals surface area (Å²) >= 11 is 0. The van der Waals surface area contributed by atoms with Gasteiger partial charge in [-0.3, -0.25) is 9.69 Å². The summed E-state index contributed by atoms with van der Waals surface area (Å²) in [6.07, 6.45) is 2.92. The minimum atomic E-state index is 0.208. The van der Waals surface area contributed by atoms with E-state index in [0.717, 1.165) is 32.6 Å². The molecule has 1 saturated heterocycles. The summed E-state index contributed by atoms with van der Waals surface area (Å²) in [6.45, 7) is 12.7. The molecule has 0 saturated carbocycles. The van der Waals surface area contributed by atoms with E-state index in [1.54, 1.807) is 0 Å². The first-order valence-electron chi connectivity index (χ1n) is 7.74. The second-order valence-electron chi connectivity index (χ2n) is 6.17. The minimum Gasteiger partial charge on any atom is -0.355 e. The molecule has 2 N–H and O–H groups in total. The fraction of sp³-hybridized carbons (Fsp3) is 0.933. The van der Waals surface area contributed by atoms with Gasteiger partial charge in [-0.25, -0.2) is 0 Å². The summed E-state index contributed by atoms with van der Waals surface area (Å²) in [7, 11) is 0. The third-order valence-corrected chi connectivity index (χ3v) is 3.96. The third-order valence-electron chi connectivity index (χ3n) is 3.96. The van der Waals surface area contributed by atoms with E-state index in [0.29, 0.717) is 24.4 Å². The quantitative estimate of drug-likeness (QED) is 0.704. The standard InChI is InChI=1S/C15H31N3O/c1-12(2)18(13(3)4)10-9-17-15(19)6-5-14-7-8-16-11-14/h12-14,16H,5-11H2,1-4H3,(H,17,19). The maximum atomic E-state index is 11.8. The molecule has 0 aromatic carbocycles. The molecule has 1 amide bonds. The lowest BCUT2D eigenvalue weighted by Crippen LogP contribution is -2.42. The van der Waals surface area contributed by atoms with E-state index < -0.39 is 0 Å². The van der Waals surface area contributed by atoms with Crippen LogP contribution in [0, 0.1) is 5.92 Å². The molecule has 4 nitrogen and oxygen atoms in total. The second-order valence-corrected chi connectivity index (χ2v) is 6.17. The number of carbonyl (C=O) groups is 1. The van der Waals surface area contributed by atoms with E-state index in [9.17, 15) is 4.79 Å². The van der Waals surface area contributed by atoms with Gasteiger partial charge in [-0.2, -0.15) is 0 Å². The van der Waals surface area contributed by atoms with E-state index >= 15 is 0 Å². The van der Waals surface area contributed by atoms with Crippen molar-refractivity contribution in [2.45, 2.75) is 59.0 Å². The number of amides is 1. The molecule has 1 rings (SSSR count). The van der Waals surface area contributed by atoms with Crippen molar-refractivity contribution < 1.29 is 4.79 Å². The van der Waals surface area contributed by atoms with Crippen molar-refractivity contribution in [3.05, 3.63) is 0 Å². The van der Waals surface area contributed by atoms with Gasteiger partial charge >= 0.3 is 0 Å². The lowest BCUT2D eigenvalue weighted by molar-refractivity contribution is -0.121. The molecule has 19 heavy (non-hydrogen) atoms. The summed E-state index contributed by atoms with van der Waals surface area (Å²) < 4.78 is 0. The Labute approximate surface area is 118 Å². The van der Waals surface area contributed by atoms with Gasteiger partial charge < -0.3 is 10.6 Å². The zero-order valence-electron chi connectivity index (χ0n) is 13.0. The van der Waals surface area contributed by atoms with Crippen molar-refractivity contribution in [1.82, 2.24) is 15.5 Å². The van der Waals surface area contributed by atoms with Crippen molar-refractivity contribution in [1.29, 1.82) is 0 Å². The van der Waals surface area contributed by atoms with E-state index in [1.165, 1.54) is 6.42 Å². The molecule has 0 aliphatic carbocycles. The molecule has 1 unspecified atom stereocenters. The van der Waals surface area contributed by atoms with Gasteiger partial charge in [-0.05, 0) is 59.5 Å². The molecule has 0 aromatic heterocycles. The summed E-state index contributed by atoms with van der Waals surface area (Å²) in [5, 5.41) is 6.39. The fourth-order valence-electron chi connectivity index (χ4n) is 2.82. The highest BCUT2D eigenvalue weighted by atomic mass is 16.1. The first-order valence-corrected chi connectivity index (χ1v) is 7.74. The Kier molecular flexibility index (Phi) is 7.39. The number of hydrogen-bond donors (Lipinski definition) is 2. The topological polar surface area (TPSA) is 44.4 Å². The summed E-state index contributed by atoms with van der Waals surface area (Å²) in [4.78, 5) is 14.2. The van der Waals surface area contributed by atoms with E-state index in [1.807, 2.05) is 0 Å². The van der Waals surface area contributed by atoms with Crippen LogP contribution in [-0.4, -0.2) is 49.1 Å². The number of hydrogen-bond acceptors (Lipinski definition) is 3. The molecular weight excluding hydrogens is 238 g/mol. The molecule has 0 radical (unpaired) electrons. The van der Waals surface area contributed by atoms with Crippen molar-refractivity contribution in [2.75, 3.05) is 26.2 Å². The molecule has 4 heteroatoms. The number of carbonyl (C=O) groups excluding carboxylic acids is 1. The first kappa shape index (κ1) is 16.4. The molecule has 0 bridgehead atoms. The zero-order chi connectivity index (χ0) is 14.3. The van der Waals surface area contributed by atoms with Crippen LogP contribution in [0.25, 0.3) is 0 Å². The number of rotatable bonds is 8. The molecule has 112 valence electrons. The van der Waals surface area contributed by atoms with Crippen LogP contribution < -0.4 is 10.6 Å². The van der Waals surface area contributed by atoms with E-state index in [-0.39, 0.29) is 5.91 Å². The average Bonchev–Trinajstić information content (AvgIpc) is 2.84. The molecular formula is C15H31N3O. The summed E-state index contributed by atoms with van der Waals surface area (Å²) in [6, 6.07) is 1.06. The monoisotopic (exact) mass is 269 g/mol. The largest absolute Gasteiger partial charge is 0.355 e. The van der Waals surface area contributed by atoms with Crippen LogP contribution in [0.2, 0.25) is 0 Å². The van der Waals surface area contributed by atoms with Gasteiger partial charge in [0.25, 0.3) is 0 Å². The number of nitrogens with zero attached hydrogens (tertiary/aromatic N) is 1. The SMILES string of the molecule is CC(C)N(CCNC(=O)CCC1CCNC1)C(C)C. The highest BCUT2D eigenvalue weighted by Gasteiger charge is 2.16. The fourth-order valence-corrected chi connectivity index (χ4v) is 2.82. The van der Waals surface area contributed by atoms with Gasteiger partial charge in [-0.15, -0.1) is 0 Å². The Hall–Kier alpha value is -0.610. The highest BCUT2D eigenvalue weighted by Crippen LogP contribution is 2.13. The lowest BCUT2D eigenvalue weighted by Gasteiger charge is -2.30. The van der Waals surface area contributed by atoms with Gasteiger partial charge in [0.15, 0.2) is 0 Å². The van der Waals surface area contributed by atoms with E-state index in [4.69, 9.17) is 0 Å². The van der Waals surface area contributed by atoms with Gasteiger partial charge in [0, 0.05) is 31.6 Å². The Bertz CT molecular complexity index is 252. The van der Waals surface area contributed by atoms with Gasteiger partial charge in [0.2, 0.25) is 5.91 Å². The van der Waals surface area contributed by atoms with Gasteiger partial charge in [0.1, 0.15) is 0 Å². The van der Waals surface area contributed by atoms with Crippen molar-refractivity contribution in [2.24, 2.45) is 5.92 Å². The van der Waals surface area contributed by atoms with Crippen molar-refractivity contribution >= 4 is 5.91 Å². The van der Waals surface area contributed by atoms with Crippen LogP contribution in [0.3, 0.4) is 0 Å². The predicted molar refractivity (Wildman–Crippen MR) is 80.2 cm³/mol. The second kappa shape index (κ2) is 8.54. The highest BCUT2D eigenvalue weighted by molar-refractivity contribution is 5.75. The summed E-state index contributed by atoms with van der Waals surface area (Å²) in [5.74, 6) is 0.910. The molecule has 1 fully saturated rings. The Morgan fingerprint density at radius 1 is 1.32 bits per heavy atom. The molecule has 1 heterocycles. The van der Waals surface area contributed by atoms with E-state index in [2.05, 4.69) is 43.2 Å². The normalized spacial score (nSPS) is 19.6. The predicted octanol–water partition coefficient (Wildman–Crippen LogP) is 1.61. The molecule has 1 atom stereocenters. The smallest absolute Gasteiger partial charge is 0.220 e. The van der Waals surface area contributed by atoms with Crippen LogP contribution >= 0.6 is 0 Å². The third kappa shape index (κ3) is 6.39. The van der Waals surface area contributed by atoms with Crippen LogP contribution in [0.5, 0.6) is 0 Å². The van der Waals surface area contributed by atoms with Gasteiger partial charge in [-0.1, -0.05) is 0 Å². The Balaban J connectivity index is 2.11. The van der Waals surface area contributed by atoms with Crippen LogP contribution in [0.1, 0.15) is 47.0 Å². The van der Waals surface area contributed by atoms with Crippen molar-refractivity contribution in [3.63, 3.8) is 0 Å². The maximum Gasteiger partial charge on any atom is 0.220 e. The van der Waals surface area contributed by atoms with Crippen LogP contribution in [0.4, 0.5) is 0 Å². The van der Waals surface area contributed by atoms with Crippen molar-refractivity contribution in [3.8, 4) is 0 Å². The molecule has 1 aliphatic rings. The first-order chi connectivity index (χ1) is 9.00. The summed E-state index contributed by atoms with van der Waals surface area (Å²) in [5.41, 5.74) is 0. The molecule has 0 aromatic rings. The lowest BCUT2D eigenvalue weighted by atomic mass is 10.0. The Morgan fingerprint density at radius 3 is 2.53 bits per heavy atom. The van der Waals surface area contributed by atoms with Crippen LogP contribution in [0.15, 0.2) is 0 Å². The van der Waals surface area contributed by atoms with Gasteiger partial charge in [0.05, 0.1) is 0 Å².